The number of fused-ring (bicyclic) bond motifs is 3. The third-order valence-electron chi connectivity index (χ3n) is 5.22. The highest BCUT2D eigenvalue weighted by atomic mass is 16.5. The molecular weight excluding hydrogens is 326 g/mol. The number of aliphatic imine (C=N–C) groups is 1. The average molecular weight is 345 g/mol. The van der Waals surface area contributed by atoms with Gasteiger partial charge in [0.05, 0.1) is 17.8 Å². The smallest absolute Gasteiger partial charge is 0.343 e. The van der Waals surface area contributed by atoms with Crippen molar-refractivity contribution in [2.45, 2.75) is 13.0 Å². The molecule has 0 atom stereocenters. The molecule has 0 unspecified atom stereocenters. The third kappa shape index (κ3) is 2.24. The summed E-state index contributed by atoms with van der Waals surface area (Å²) >= 11 is 0. The van der Waals surface area contributed by atoms with Crippen LogP contribution in [0.2, 0.25) is 0 Å². The molecule has 0 saturated carbocycles. The number of amidine groups is 1. The van der Waals surface area contributed by atoms with Gasteiger partial charge in [-0.15, -0.1) is 0 Å². The van der Waals surface area contributed by atoms with Gasteiger partial charge in [0.2, 0.25) is 0 Å². The molecule has 0 spiro atoms. The van der Waals surface area contributed by atoms with Gasteiger partial charge in [0, 0.05) is 31.0 Å². The standard InChI is InChI=1S/C21H19N3O2/c1-23-11-9-16-17-13-15(26-21(25)14-5-3-2-4-6-14)7-8-18(17)24-12-10-22-20(23)19(16)24/h2-8,13H,9-12H2,1H3. The van der Waals surface area contributed by atoms with Crippen LogP contribution in [0.15, 0.2) is 53.5 Å². The van der Waals surface area contributed by atoms with Crippen LogP contribution in [0.4, 0.5) is 0 Å². The Balaban J connectivity index is 1.57. The lowest BCUT2D eigenvalue weighted by Gasteiger charge is -2.30. The van der Waals surface area contributed by atoms with Gasteiger partial charge in [-0.3, -0.25) is 4.99 Å². The van der Waals surface area contributed by atoms with Crippen molar-refractivity contribution in [1.29, 1.82) is 0 Å². The number of benzene rings is 2. The van der Waals surface area contributed by atoms with Gasteiger partial charge in [-0.1, -0.05) is 18.2 Å². The quantitative estimate of drug-likeness (QED) is 0.530. The van der Waals surface area contributed by atoms with E-state index in [0.717, 1.165) is 31.9 Å². The van der Waals surface area contributed by atoms with Crippen molar-refractivity contribution in [3.8, 4) is 5.75 Å². The molecule has 130 valence electrons. The molecule has 0 amide bonds. The van der Waals surface area contributed by atoms with E-state index in [0.29, 0.717) is 11.3 Å². The lowest BCUT2D eigenvalue weighted by atomic mass is 10.0. The number of nitrogens with zero attached hydrogens (tertiary/aromatic N) is 3. The minimum atomic E-state index is -0.329. The van der Waals surface area contributed by atoms with Crippen molar-refractivity contribution in [3.05, 3.63) is 65.4 Å². The molecule has 26 heavy (non-hydrogen) atoms. The van der Waals surface area contributed by atoms with Gasteiger partial charge < -0.3 is 14.2 Å². The Morgan fingerprint density at radius 3 is 2.81 bits per heavy atom. The monoisotopic (exact) mass is 345 g/mol. The number of carbonyl (C=O) groups is 1. The number of aromatic nitrogens is 1. The van der Waals surface area contributed by atoms with E-state index in [-0.39, 0.29) is 5.97 Å². The average Bonchev–Trinajstić information content (AvgIpc) is 3.00. The van der Waals surface area contributed by atoms with E-state index in [4.69, 9.17) is 9.73 Å². The van der Waals surface area contributed by atoms with Crippen LogP contribution in [-0.4, -0.2) is 41.4 Å². The van der Waals surface area contributed by atoms with Crippen LogP contribution < -0.4 is 4.74 Å². The van der Waals surface area contributed by atoms with Crippen molar-refractivity contribution in [1.82, 2.24) is 9.47 Å². The molecule has 1 aromatic heterocycles. The zero-order chi connectivity index (χ0) is 17.7. The lowest BCUT2D eigenvalue weighted by molar-refractivity contribution is 0.0735. The normalized spacial score (nSPS) is 15.6. The number of hydrogen-bond acceptors (Lipinski definition) is 4. The highest BCUT2D eigenvalue weighted by Gasteiger charge is 2.29. The molecule has 5 heteroatoms. The summed E-state index contributed by atoms with van der Waals surface area (Å²) in [7, 11) is 2.10. The molecular formula is C21H19N3O2. The number of ether oxygens (including phenoxy) is 1. The Morgan fingerprint density at radius 1 is 1.12 bits per heavy atom. The first kappa shape index (κ1) is 15.2. The maximum absolute atomic E-state index is 12.4. The second-order valence-corrected chi connectivity index (χ2v) is 6.79. The van der Waals surface area contributed by atoms with Gasteiger partial charge in [-0.2, -0.15) is 0 Å². The van der Waals surface area contributed by atoms with Gasteiger partial charge >= 0.3 is 5.97 Å². The fourth-order valence-electron chi connectivity index (χ4n) is 3.97. The summed E-state index contributed by atoms with van der Waals surface area (Å²) < 4.78 is 7.97. The van der Waals surface area contributed by atoms with E-state index in [9.17, 15) is 4.79 Å². The molecule has 0 N–H and O–H groups in total. The maximum atomic E-state index is 12.4. The molecule has 2 aliphatic rings. The Labute approximate surface area is 151 Å². The predicted octanol–water partition coefficient (Wildman–Crippen LogP) is 3.11. The summed E-state index contributed by atoms with van der Waals surface area (Å²) in [6.07, 6.45) is 0.977. The van der Waals surface area contributed by atoms with Crippen LogP contribution in [0.25, 0.3) is 10.9 Å². The van der Waals surface area contributed by atoms with Crippen molar-refractivity contribution in [2.24, 2.45) is 4.99 Å². The molecule has 0 saturated heterocycles. The van der Waals surface area contributed by atoms with Crippen LogP contribution >= 0.6 is 0 Å². The topological polar surface area (TPSA) is 46.8 Å². The van der Waals surface area contributed by atoms with Gasteiger partial charge in [0.25, 0.3) is 0 Å². The Bertz CT molecular complexity index is 1050. The first-order chi connectivity index (χ1) is 12.7. The first-order valence-electron chi connectivity index (χ1n) is 8.90. The summed E-state index contributed by atoms with van der Waals surface area (Å²) in [5.74, 6) is 1.34. The molecule has 0 fully saturated rings. The minimum absolute atomic E-state index is 0.329. The summed E-state index contributed by atoms with van der Waals surface area (Å²) in [6, 6.07) is 15.0. The second-order valence-electron chi connectivity index (χ2n) is 6.79. The van der Waals surface area contributed by atoms with E-state index >= 15 is 0 Å². The highest BCUT2D eigenvalue weighted by molar-refractivity contribution is 6.06. The fraction of sp³-hybridized carbons (Fsp3) is 0.238. The zero-order valence-electron chi connectivity index (χ0n) is 14.6. The summed E-state index contributed by atoms with van der Waals surface area (Å²) in [4.78, 5) is 19.3. The van der Waals surface area contributed by atoms with E-state index in [1.54, 1.807) is 12.1 Å². The molecule has 5 rings (SSSR count). The molecule has 0 aliphatic carbocycles. The molecule has 0 bridgehead atoms. The molecule has 2 aliphatic heterocycles. The molecule has 3 aromatic rings. The number of esters is 1. The van der Waals surface area contributed by atoms with E-state index in [2.05, 4.69) is 22.6 Å². The Hall–Kier alpha value is -3.08. The Morgan fingerprint density at radius 2 is 1.96 bits per heavy atom. The first-order valence-corrected chi connectivity index (χ1v) is 8.90. The van der Waals surface area contributed by atoms with Crippen molar-refractivity contribution in [3.63, 3.8) is 0 Å². The number of rotatable bonds is 2. The van der Waals surface area contributed by atoms with Gasteiger partial charge in [-0.25, -0.2) is 4.79 Å². The molecule has 0 radical (unpaired) electrons. The van der Waals surface area contributed by atoms with E-state index in [1.807, 2.05) is 30.3 Å². The van der Waals surface area contributed by atoms with E-state index < -0.39 is 0 Å². The van der Waals surface area contributed by atoms with E-state index in [1.165, 1.54) is 22.2 Å². The fourth-order valence-corrected chi connectivity index (χ4v) is 3.97. The molecule has 3 heterocycles. The largest absolute Gasteiger partial charge is 0.423 e. The van der Waals surface area contributed by atoms with Crippen LogP contribution in [0.5, 0.6) is 5.75 Å². The number of likely N-dealkylation sites (N-methyl/N-ethyl adjacent to an activating group) is 1. The maximum Gasteiger partial charge on any atom is 0.343 e. The summed E-state index contributed by atoms with van der Waals surface area (Å²) in [5.41, 5.74) is 4.29. The van der Waals surface area contributed by atoms with Crippen molar-refractivity contribution in [2.75, 3.05) is 20.1 Å². The minimum Gasteiger partial charge on any atom is -0.423 e. The van der Waals surface area contributed by atoms with Gasteiger partial charge in [-0.05, 0) is 42.3 Å². The lowest BCUT2D eigenvalue weighted by Crippen LogP contribution is -2.38. The number of carbonyl (C=O) groups excluding carboxylic acids is 1. The van der Waals surface area contributed by atoms with Crippen molar-refractivity contribution < 1.29 is 9.53 Å². The van der Waals surface area contributed by atoms with Crippen molar-refractivity contribution >= 4 is 22.7 Å². The van der Waals surface area contributed by atoms with Crippen LogP contribution in [0.1, 0.15) is 21.6 Å². The summed E-state index contributed by atoms with van der Waals surface area (Å²) in [5, 5.41) is 1.17. The SMILES string of the molecule is CN1CCc2c3n(c4ccc(OC(=O)c5ccccc5)cc24)CCN=C31. The highest BCUT2D eigenvalue weighted by Crippen LogP contribution is 2.34. The zero-order valence-corrected chi connectivity index (χ0v) is 14.6. The van der Waals surface area contributed by atoms with Crippen LogP contribution in [0, 0.1) is 0 Å². The number of hydrogen-bond donors (Lipinski definition) is 0. The van der Waals surface area contributed by atoms with Crippen LogP contribution in [0.3, 0.4) is 0 Å². The van der Waals surface area contributed by atoms with Crippen LogP contribution in [-0.2, 0) is 13.0 Å². The molecule has 5 nitrogen and oxygen atoms in total. The third-order valence-corrected chi connectivity index (χ3v) is 5.22. The predicted molar refractivity (Wildman–Crippen MR) is 101 cm³/mol. The summed E-state index contributed by atoms with van der Waals surface area (Å²) in [6.45, 7) is 2.66. The van der Waals surface area contributed by atoms with Gasteiger partial charge in [0.15, 0.2) is 0 Å². The Kier molecular flexibility index (Phi) is 3.35. The molecule has 2 aromatic carbocycles. The second kappa shape index (κ2) is 5.73. The van der Waals surface area contributed by atoms with Gasteiger partial charge in [0.1, 0.15) is 11.6 Å².